The molecule has 0 aliphatic heterocycles. The van der Waals surface area contributed by atoms with E-state index in [1.165, 1.54) is 22.4 Å². The van der Waals surface area contributed by atoms with Gasteiger partial charge in [-0.3, -0.25) is 0 Å². The first kappa shape index (κ1) is 15.4. The molecule has 0 radical (unpaired) electrons. The van der Waals surface area contributed by atoms with Crippen molar-refractivity contribution in [1.82, 2.24) is 0 Å². The van der Waals surface area contributed by atoms with E-state index in [0.29, 0.717) is 6.54 Å². The van der Waals surface area contributed by atoms with Gasteiger partial charge < -0.3 is 15.4 Å². The number of benzene rings is 2. The van der Waals surface area contributed by atoms with Gasteiger partial charge in [0, 0.05) is 24.8 Å². The van der Waals surface area contributed by atoms with Gasteiger partial charge in [-0.25, -0.2) is 0 Å². The molecule has 0 aliphatic rings. The van der Waals surface area contributed by atoms with Crippen LogP contribution in [0.3, 0.4) is 0 Å². The average Bonchev–Trinajstić information content (AvgIpc) is 2.48. The van der Waals surface area contributed by atoms with Gasteiger partial charge in [0.2, 0.25) is 0 Å². The fourth-order valence-corrected chi connectivity index (χ4v) is 2.64. The monoisotopic (exact) mass is 284 g/mol. The van der Waals surface area contributed by atoms with Gasteiger partial charge in [0.25, 0.3) is 0 Å². The summed E-state index contributed by atoms with van der Waals surface area (Å²) in [7, 11) is 3.82. The number of ether oxygens (including phenoxy) is 1. The van der Waals surface area contributed by atoms with E-state index in [9.17, 15) is 0 Å². The number of aryl methyl sites for hydroxylation is 1. The van der Waals surface area contributed by atoms with Gasteiger partial charge in [0.1, 0.15) is 5.75 Å². The molecule has 0 amide bonds. The van der Waals surface area contributed by atoms with Crippen molar-refractivity contribution in [2.45, 2.75) is 19.9 Å². The van der Waals surface area contributed by atoms with Crippen LogP contribution in [0.1, 0.15) is 16.7 Å². The molecule has 3 heteroatoms. The second kappa shape index (κ2) is 7.14. The molecular weight excluding hydrogens is 260 g/mol. The summed E-state index contributed by atoms with van der Waals surface area (Å²) in [6.07, 6.45) is 0.928. The van der Waals surface area contributed by atoms with Crippen LogP contribution in [0.2, 0.25) is 0 Å². The fourth-order valence-electron chi connectivity index (χ4n) is 2.64. The summed E-state index contributed by atoms with van der Waals surface area (Å²) in [4.78, 5) is 2.25. The number of anilines is 1. The molecule has 0 bridgehead atoms. The minimum absolute atomic E-state index is 0.690. The molecule has 0 unspecified atom stereocenters. The number of methoxy groups -OCH3 is 1. The van der Waals surface area contributed by atoms with Gasteiger partial charge >= 0.3 is 0 Å². The Kier molecular flexibility index (Phi) is 5.23. The largest absolute Gasteiger partial charge is 0.496 e. The van der Waals surface area contributed by atoms with Gasteiger partial charge in [-0.15, -0.1) is 0 Å². The first-order valence-electron chi connectivity index (χ1n) is 7.28. The SMILES string of the molecule is COc1ccccc1CN(C)c1ccc(CCN)cc1C. The Balaban J connectivity index is 2.18. The first-order chi connectivity index (χ1) is 10.2. The number of para-hydroxylation sites is 1. The minimum Gasteiger partial charge on any atom is -0.496 e. The van der Waals surface area contributed by atoms with Crippen LogP contribution >= 0.6 is 0 Å². The molecule has 2 rings (SSSR count). The molecule has 0 saturated carbocycles. The van der Waals surface area contributed by atoms with Crippen LogP contribution in [-0.2, 0) is 13.0 Å². The van der Waals surface area contributed by atoms with Gasteiger partial charge in [-0.2, -0.15) is 0 Å². The lowest BCUT2D eigenvalue weighted by Gasteiger charge is -2.23. The average molecular weight is 284 g/mol. The number of nitrogens with two attached hydrogens (primary N) is 1. The third-order valence-corrected chi connectivity index (χ3v) is 3.71. The molecule has 0 fully saturated rings. The van der Waals surface area contributed by atoms with Gasteiger partial charge in [0.15, 0.2) is 0 Å². The van der Waals surface area contributed by atoms with E-state index in [4.69, 9.17) is 10.5 Å². The summed E-state index contributed by atoms with van der Waals surface area (Å²) in [6, 6.07) is 14.7. The Morgan fingerprint density at radius 2 is 1.90 bits per heavy atom. The quantitative estimate of drug-likeness (QED) is 0.885. The summed E-state index contributed by atoms with van der Waals surface area (Å²) in [6.45, 7) is 3.66. The molecule has 0 atom stereocenters. The van der Waals surface area contributed by atoms with E-state index in [0.717, 1.165) is 18.7 Å². The maximum Gasteiger partial charge on any atom is 0.123 e. The number of rotatable bonds is 6. The predicted molar refractivity (Wildman–Crippen MR) is 89.0 cm³/mol. The van der Waals surface area contributed by atoms with Crippen molar-refractivity contribution in [3.63, 3.8) is 0 Å². The van der Waals surface area contributed by atoms with E-state index in [1.807, 2.05) is 18.2 Å². The highest BCUT2D eigenvalue weighted by molar-refractivity contribution is 5.55. The van der Waals surface area contributed by atoms with E-state index in [2.05, 4.69) is 43.1 Å². The van der Waals surface area contributed by atoms with Crippen LogP contribution in [0.25, 0.3) is 0 Å². The van der Waals surface area contributed by atoms with Crippen molar-refractivity contribution < 1.29 is 4.74 Å². The molecular formula is C18H24N2O. The van der Waals surface area contributed by atoms with E-state index in [1.54, 1.807) is 7.11 Å². The predicted octanol–water partition coefficient (Wildman–Crippen LogP) is 3.14. The summed E-state index contributed by atoms with van der Waals surface area (Å²) < 4.78 is 5.42. The minimum atomic E-state index is 0.690. The maximum absolute atomic E-state index is 5.62. The highest BCUT2D eigenvalue weighted by Crippen LogP contribution is 2.25. The van der Waals surface area contributed by atoms with Crippen molar-refractivity contribution in [2.75, 3.05) is 25.6 Å². The Morgan fingerprint density at radius 1 is 1.14 bits per heavy atom. The standard InChI is InChI=1S/C18H24N2O/c1-14-12-15(10-11-19)8-9-17(14)20(2)13-16-6-4-5-7-18(16)21-3/h4-9,12H,10-11,13,19H2,1-3H3. The third kappa shape index (κ3) is 3.76. The Hall–Kier alpha value is -2.00. The smallest absolute Gasteiger partial charge is 0.123 e. The summed E-state index contributed by atoms with van der Waals surface area (Å²) in [5.74, 6) is 0.932. The zero-order valence-corrected chi connectivity index (χ0v) is 13.1. The fraction of sp³-hybridized carbons (Fsp3) is 0.333. The molecule has 2 aromatic rings. The van der Waals surface area contributed by atoms with Gasteiger partial charge in [-0.05, 0) is 43.1 Å². The van der Waals surface area contributed by atoms with E-state index < -0.39 is 0 Å². The molecule has 112 valence electrons. The lowest BCUT2D eigenvalue weighted by atomic mass is 10.1. The van der Waals surface area contributed by atoms with Crippen LogP contribution in [0, 0.1) is 6.92 Å². The topological polar surface area (TPSA) is 38.5 Å². The highest BCUT2D eigenvalue weighted by atomic mass is 16.5. The van der Waals surface area contributed by atoms with Crippen molar-refractivity contribution >= 4 is 5.69 Å². The summed E-state index contributed by atoms with van der Waals surface area (Å²) in [5, 5.41) is 0. The molecule has 0 aromatic heterocycles. The van der Waals surface area contributed by atoms with E-state index >= 15 is 0 Å². The molecule has 0 spiro atoms. The summed E-state index contributed by atoms with van der Waals surface area (Å²) in [5.41, 5.74) is 10.6. The van der Waals surface area contributed by atoms with Gasteiger partial charge in [-0.1, -0.05) is 30.3 Å². The molecule has 0 aliphatic carbocycles. The number of hydrogen-bond donors (Lipinski definition) is 1. The van der Waals surface area contributed by atoms with E-state index in [-0.39, 0.29) is 0 Å². The number of hydrogen-bond acceptors (Lipinski definition) is 3. The van der Waals surface area contributed by atoms with Crippen LogP contribution in [0.5, 0.6) is 5.75 Å². The van der Waals surface area contributed by atoms with Crippen molar-refractivity contribution in [3.8, 4) is 5.75 Å². The third-order valence-electron chi connectivity index (χ3n) is 3.71. The molecule has 2 aromatic carbocycles. The van der Waals surface area contributed by atoms with Crippen molar-refractivity contribution in [2.24, 2.45) is 5.73 Å². The highest BCUT2D eigenvalue weighted by Gasteiger charge is 2.09. The van der Waals surface area contributed by atoms with Crippen LogP contribution < -0.4 is 15.4 Å². The van der Waals surface area contributed by atoms with Crippen LogP contribution in [-0.4, -0.2) is 20.7 Å². The molecule has 3 nitrogen and oxygen atoms in total. The second-order valence-electron chi connectivity index (χ2n) is 5.33. The molecule has 0 heterocycles. The van der Waals surface area contributed by atoms with Crippen molar-refractivity contribution in [1.29, 1.82) is 0 Å². The molecule has 0 saturated heterocycles. The van der Waals surface area contributed by atoms with Crippen molar-refractivity contribution in [3.05, 3.63) is 59.2 Å². The lowest BCUT2D eigenvalue weighted by Crippen LogP contribution is -2.18. The Bertz CT molecular complexity index is 596. The molecule has 21 heavy (non-hydrogen) atoms. The number of nitrogens with zero attached hydrogens (tertiary/aromatic N) is 1. The lowest BCUT2D eigenvalue weighted by molar-refractivity contribution is 0.409. The Morgan fingerprint density at radius 3 is 2.57 bits per heavy atom. The molecule has 2 N–H and O–H groups in total. The second-order valence-corrected chi connectivity index (χ2v) is 5.33. The zero-order chi connectivity index (χ0) is 15.2. The Labute approximate surface area is 127 Å². The maximum atomic E-state index is 5.62. The zero-order valence-electron chi connectivity index (χ0n) is 13.1. The summed E-state index contributed by atoms with van der Waals surface area (Å²) >= 11 is 0. The first-order valence-corrected chi connectivity index (χ1v) is 7.28. The van der Waals surface area contributed by atoms with Crippen LogP contribution in [0.15, 0.2) is 42.5 Å². The normalized spacial score (nSPS) is 10.5. The van der Waals surface area contributed by atoms with Gasteiger partial charge in [0.05, 0.1) is 7.11 Å². The van der Waals surface area contributed by atoms with Crippen LogP contribution in [0.4, 0.5) is 5.69 Å².